The molecule has 0 bridgehead atoms. The number of hydrogen-bond acceptors (Lipinski definition) is 3. The Hall–Kier alpha value is -2.57. The van der Waals surface area contributed by atoms with E-state index in [1.54, 1.807) is 18.2 Å². The number of amides is 1. The molecule has 0 fully saturated rings. The molecule has 1 amide bonds. The van der Waals surface area contributed by atoms with Crippen molar-refractivity contribution in [2.24, 2.45) is 0 Å². The summed E-state index contributed by atoms with van der Waals surface area (Å²) in [5, 5.41) is 0. The normalized spacial score (nSPS) is 11.8. The van der Waals surface area contributed by atoms with Crippen LogP contribution in [-0.4, -0.2) is 23.6 Å². The summed E-state index contributed by atoms with van der Waals surface area (Å²) in [6.45, 7) is -1.41. The lowest BCUT2D eigenvalue weighted by Crippen LogP contribution is -2.38. The van der Waals surface area contributed by atoms with Crippen LogP contribution in [0.25, 0.3) is 6.08 Å². The Balaban J connectivity index is 2.21. The van der Waals surface area contributed by atoms with Gasteiger partial charge in [-0.15, -0.1) is 0 Å². The summed E-state index contributed by atoms with van der Waals surface area (Å²) in [6.07, 6.45) is 0.512. The van der Waals surface area contributed by atoms with Crippen molar-refractivity contribution < 1.29 is 22.4 Å². The maximum atomic E-state index is 12.6. The summed E-state index contributed by atoms with van der Waals surface area (Å²) in [5.41, 5.74) is 0. The van der Waals surface area contributed by atoms with Crippen LogP contribution >= 0.6 is 0 Å². The molecule has 0 aliphatic heterocycles. The molecule has 2 aromatic rings. The number of carbonyl (C=O) groups is 1. The number of pyridine rings is 1. The van der Waals surface area contributed by atoms with E-state index in [9.17, 15) is 18.0 Å². The van der Waals surface area contributed by atoms with Crippen LogP contribution in [0.2, 0.25) is 0 Å². The number of hydrogen-bond donors (Lipinski definition) is 0. The molecule has 0 radical (unpaired) electrons. The second kappa shape index (κ2) is 6.25. The lowest BCUT2D eigenvalue weighted by molar-refractivity contribution is -0.130. The summed E-state index contributed by atoms with van der Waals surface area (Å²) < 4.78 is 42.8. The Morgan fingerprint density at radius 3 is 2.67 bits per heavy atom. The fraction of sp³-hybridized carbons (Fsp3) is 0.143. The Labute approximate surface area is 118 Å². The molecule has 4 nitrogen and oxygen atoms in total. The van der Waals surface area contributed by atoms with E-state index in [1.807, 2.05) is 0 Å². The van der Waals surface area contributed by atoms with Crippen molar-refractivity contribution in [3.05, 3.63) is 54.6 Å². The van der Waals surface area contributed by atoms with E-state index in [-0.39, 0.29) is 5.82 Å². The van der Waals surface area contributed by atoms with Gasteiger partial charge in [0, 0.05) is 12.3 Å². The number of halogens is 3. The zero-order valence-corrected chi connectivity index (χ0v) is 10.7. The zero-order chi connectivity index (χ0) is 15.3. The van der Waals surface area contributed by atoms with Gasteiger partial charge in [0.2, 0.25) is 0 Å². The van der Waals surface area contributed by atoms with E-state index < -0.39 is 18.6 Å². The number of alkyl halides is 3. The lowest BCUT2D eigenvalue weighted by Gasteiger charge is -2.21. The highest BCUT2D eigenvalue weighted by molar-refractivity contribution is 6.03. The highest BCUT2D eigenvalue weighted by atomic mass is 19.4. The molecule has 0 unspecified atom stereocenters. The minimum Gasteiger partial charge on any atom is -0.465 e. The van der Waals surface area contributed by atoms with Crippen molar-refractivity contribution in [1.82, 2.24) is 4.98 Å². The number of anilines is 1. The average Bonchev–Trinajstić information content (AvgIpc) is 2.95. The largest absolute Gasteiger partial charge is 0.465 e. The van der Waals surface area contributed by atoms with Crippen molar-refractivity contribution in [3.63, 3.8) is 0 Å². The van der Waals surface area contributed by atoms with Gasteiger partial charge < -0.3 is 4.42 Å². The van der Waals surface area contributed by atoms with Gasteiger partial charge in [0.15, 0.2) is 0 Å². The van der Waals surface area contributed by atoms with Crippen molar-refractivity contribution in [1.29, 1.82) is 0 Å². The van der Waals surface area contributed by atoms with E-state index >= 15 is 0 Å². The van der Waals surface area contributed by atoms with Gasteiger partial charge in [-0.2, -0.15) is 13.2 Å². The van der Waals surface area contributed by atoms with Gasteiger partial charge in [-0.3, -0.25) is 9.69 Å². The molecular weight excluding hydrogens is 285 g/mol. The Kier molecular flexibility index (Phi) is 4.42. The predicted molar refractivity (Wildman–Crippen MR) is 70.4 cm³/mol. The molecule has 0 saturated carbocycles. The van der Waals surface area contributed by atoms with E-state index in [2.05, 4.69) is 4.98 Å². The summed E-state index contributed by atoms with van der Waals surface area (Å²) in [7, 11) is 0. The first kappa shape index (κ1) is 14.8. The summed E-state index contributed by atoms with van der Waals surface area (Å²) in [6, 6.07) is 7.59. The van der Waals surface area contributed by atoms with Crippen LogP contribution in [0.1, 0.15) is 5.76 Å². The van der Waals surface area contributed by atoms with Crippen LogP contribution in [0, 0.1) is 0 Å². The second-order valence-electron chi connectivity index (χ2n) is 4.08. The molecule has 0 aliphatic rings. The summed E-state index contributed by atoms with van der Waals surface area (Å²) >= 11 is 0. The smallest absolute Gasteiger partial charge is 0.406 e. The quantitative estimate of drug-likeness (QED) is 0.813. The third-order valence-corrected chi connectivity index (χ3v) is 2.46. The SMILES string of the molecule is O=C(/C=C/c1ccco1)N(CC(F)(F)F)c1ccccn1. The molecule has 0 aliphatic carbocycles. The maximum Gasteiger partial charge on any atom is 0.406 e. The van der Waals surface area contributed by atoms with E-state index in [0.29, 0.717) is 10.7 Å². The molecule has 2 rings (SSSR count). The van der Waals surface area contributed by atoms with Crippen molar-refractivity contribution in [3.8, 4) is 0 Å². The predicted octanol–water partition coefficient (Wildman–Crippen LogP) is 3.28. The Bertz CT molecular complexity index is 607. The molecule has 2 aromatic heterocycles. The minimum atomic E-state index is -4.52. The van der Waals surface area contributed by atoms with E-state index in [1.165, 1.54) is 30.7 Å². The molecule has 0 N–H and O–H groups in total. The van der Waals surface area contributed by atoms with Crippen LogP contribution in [-0.2, 0) is 4.79 Å². The molecule has 0 spiro atoms. The van der Waals surface area contributed by atoms with Crippen LogP contribution in [0.4, 0.5) is 19.0 Å². The average molecular weight is 296 g/mol. The zero-order valence-electron chi connectivity index (χ0n) is 10.7. The van der Waals surface area contributed by atoms with Crippen LogP contribution < -0.4 is 4.90 Å². The van der Waals surface area contributed by atoms with Gasteiger partial charge in [-0.1, -0.05) is 6.07 Å². The maximum absolute atomic E-state index is 12.6. The molecule has 0 atom stereocenters. The molecule has 0 saturated heterocycles. The van der Waals surface area contributed by atoms with Gasteiger partial charge in [0.05, 0.1) is 6.26 Å². The van der Waals surface area contributed by atoms with Crippen LogP contribution in [0.5, 0.6) is 0 Å². The first-order valence-corrected chi connectivity index (χ1v) is 5.96. The van der Waals surface area contributed by atoms with Gasteiger partial charge in [0.1, 0.15) is 18.1 Å². The first-order chi connectivity index (χ1) is 9.96. The number of carbonyl (C=O) groups excluding carboxylic acids is 1. The Morgan fingerprint density at radius 2 is 2.10 bits per heavy atom. The molecular formula is C14H11F3N2O2. The van der Waals surface area contributed by atoms with Crippen molar-refractivity contribution in [2.45, 2.75) is 6.18 Å². The minimum absolute atomic E-state index is 0.0658. The molecule has 21 heavy (non-hydrogen) atoms. The second-order valence-corrected chi connectivity index (χ2v) is 4.08. The third-order valence-electron chi connectivity index (χ3n) is 2.46. The summed E-state index contributed by atoms with van der Waals surface area (Å²) in [4.78, 5) is 16.3. The van der Waals surface area contributed by atoms with Gasteiger partial charge in [0.25, 0.3) is 5.91 Å². The number of aromatic nitrogens is 1. The summed E-state index contributed by atoms with van der Waals surface area (Å²) in [5.74, 6) is -0.525. The van der Waals surface area contributed by atoms with Crippen LogP contribution in [0.3, 0.4) is 0 Å². The van der Waals surface area contributed by atoms with Gasteiger partial charge in [-0.25, -0.2) is 4.98 Å². The van der Waals surface area contributed by atoms with Crippen molar-refractivity contribution in [2.75, 3.05) is 11.4 Å². The standard InChI is InChI=1S/C14H11F3N2O2/c15-14(16,17)10-19(12-5-1-2-8-18-12)13(20)7-6-11-4-3-9-21-11/h1-9H,10H2/b7-6+. The lowest BCUT2D eigenvalue weighted by atomic mass is 10.3. The van der Waals surface area contributed by atoms with Crippen molar-refractivity contribution >= 4 is 17.8 Å². The fourth-order valence-corrected chi connectivity index (χ4v) is 1.59. The van der Waals surface area contributed by atoms with Gasteiger partial charge in [-0.05, 0) is 30.3 Å². The van der Waals surface area contributed by atoms with E-state index in [0.717, 1.165) is 6.08 Å². The van der Waals surface area contributed by atoms with E-state index in [4.69, 9.17) is 4.42 Å². The third kappa shape index (κ3) is 4.48. The highest BCUT2D eigenvalue weighted by Gasteiger charge is 2.33. The number of nitrogens with zero attached hydrogens (tertiary/aromatic N) is 2. The topological polar surface area (TPSA) is 46.3 Å². The monoisotopic (exact) mass is 296 g/mol. The van der Waals surface area contributed by atoms with Crippen LogP contribution in [0.15, 0.2) is 53.3 Å². The molecule has 7 heteroatoms. The first-order valence-electron chi connectivity index (χ1n) is 5.96. The highest BCUT2D eigenvalue weighted by Crippen LogP contribution is 2.21. The molecule has 0 aromatic carbocycles. The number of furan rings is 1. The fourth-order valence-electron chi connectivity index (χ4n) is 1.59. The molecule has 2 heterocycles. The Morgan fingerprint density at radius 1 is 1.29 bits per heavy atom. The molecule has 110 valence electrons. The number of rotatable bonds is 4. The van der Waals surface area contributed by atoms with Gasteiger partial charge >= 0.3 is 6.18 Å².